The summed E-state index contributed by atoms with van der Waals surface area (Å²) in [5, 5.41) is 0. The Bertz CT molecular complexity index is 433. The van der Waals surface area contributed by atoms with E-state index in [4.69, 9.17) is 17.8 Å². The van der Waals surface area contributed by atoms with Gasteiger partial charge in [-0.1, -0.05) is 11.7 Å². The summed E-state index contributed by atoms with van der Waals surface area (Å²) >= 11 is 0. The van der Waals surface area contributed by atoms with Gasteiger partial charge in [-0.2, -0.15) is 8.42 Å². The minimum atomic E-state index is -3.44. The SMILES string of the molecule is C=S(=C)(C)OCCC1(CCOS(C)(=O)=O)OCCO1. The Balaban J connectivity index is 2.45. The van der Waals surface area contributed by atoms with Crippen LogP contribution < -0.4 is 0 Å². The largest absolute Gasteiger partial charge is 0.347 e. The third-order valence-electron chi connectivity index (χ3n) is 2.44. The lowest BCUT2D eigenvalue weighted by Gasteiger charge is -2.27. The summed E-state index contributed by atoms with van der Waals surface area (Å²) in [7, 11) is -4.97. The molecule has 0 unspecified atom stereocenters. The van der Waals surface area contributed by atoms with Crippen molar-refractivity contribution in [3.05, 3.63) is 0 Å². The molecule has 0 aliphatic carbocycles. The summed E-state index contributed by atoms with van der Waals surface area (Å²) < 4.78 is 43.2. The molecule has 0 aromatic rings. The van der Waals surface area contributed by atoms with E-state index in [1.807, 2.05) is 6.26 Å². The topological polar surface area (TPSA) is 71.1 Å². The molecule has 1 heterocycles. The first-order valence-electron chi connectivity index (χ1n) is 5.83. The van der Waals surface area contributed by atoms with Gasteiger partial charge >= 0.3 is 0 Å². The van der Waals surface area contributed by atoms with Crippen LogP contribution >= 0.6 is 9.49 Å². The van der Waals surface area contributed by atoms with Gasteiger partial charge in [0.1, 0.15) is 0 Å². The van der Waals surface area contributed by atoms with Gasteiger partial charge in [-0.3, -0.25) is 4.18 Å². The first-order chi connectivity index (χ1) is 8.62. The molecular weight excluding hydrogens is 292 g/mol. The van der Waals surface area contributed by atoms with Crippen LogP contribution in [0.15, 0.2) is 0 Å². The van der Waals surface area contributed by atoms with E-state index >= 15 is 0 Å². The van der Waals surface area contributed by atoms with E-state index in [-0.39, 0.29) is 6.61 Å². The maximum absolute atomic E-state index is 10.9. The molecule has 1 aliphatic heterocycles. The molecule has 0 spiro atoms. The van der Waals surface area contributed by atoms with Gasteiger partial charge in [-0.15, -0.1) is 9.49 Å². The maximum Gasteiger partial charge on any atom is 0.264 e. The van der Waals surface area contributed by atoms with Crippen LogP contribution in [0.2, 0.25) is 0 Å². The lowest BCUT2D eigenvalue weighted by molar-refractivity contribution is -0.173. The smallest absolute Gasteiger partial charge is 0.264 e. The zero-order valence-electron chi connectivity index (χ0n) is 11.4. The van der Waals surface area contributed by atoms with Crippen LogP contribution in [0.25, 0.3) is 0 Å². The molecule has 114 valence electrons. The number of ether oxygens (including phenoxy) is 2. The standard InChI is InChI=1S/C11H22O6S2/c1-18(2,3)16-7-5-11(14-9-10-15-11)6-8-17-19(4,12)13/h1-2,5-10H2,3-4H3. The van der Waals surface area contributed by atoms with E-state index < -0.39 is 25.4 Å². The molecule has 0 aromatic heterocycles. The van der Waals surface area contributed by atoms with Crippen molar-refractivity contribution in [3.63, 3.8) is 0 Å². The molecule has 1 rings (SSSR count). The zero-order valence-corrected chi connectivity index (χ0v) is 13.1. The Morgan fingerprint density at radius 1 is 1.05 bits per heavy atom. The van der Waals surface area contributed by atoms with Gasteiger partial charge in [0.2, 0.25) is 0 Å². The highest BCUT2D eigenvalue weighted by molar-refractivity contribution is 8.23. The average Bonchev–Trinajstić information content (AvgIpc) is 2.63. The van der Waals surface area contributed by atoms with Crippen molar-refractivity contribution in [3.8, 4) is 0 Å². The van der Waals surface area contributed by atoms with Crippen LogP contribution in [0, 0.1) is 0 Å². The zero-order chi connectivity index (χ0) is 14.6. The van der Waals surface area contributed by atoms with Gasteiger partial charge < -0.3 is 13.7 Å². The van der Waals surface area contributed by atoms with Gasteiger partial charge in [-0.05, 0) is 6.26 Å². The van der Waals surface area contributed by atoms with Crippen molar-refractivity contribution >= 4 is 31.3 Å². The number of hydrogen-bond donors (Lipinski definition) is 0. The fraction of sp³-hybridized carbons (Fsp3) is 0.818. The Morgan fingerprint density at radius 3 is 1.95 bits per heavy atom. The normalized spacial score (nSPS) is 19.7. The van der Waals surface area contributed by atoms with Crippen molar-refractivity contribution in [2.75, 3.05) is 38.9 Å². The lowest BCUT2D eigenvalue weighted by atomic mass is 10.1. The van der Waals surface area contributed by atoms with E-state index in [1.54, 1.807) is 0 Å². The van der Waals surface area contributed by atoms with Crippen molar-refractivity contribution in [1.29, 1.82) is 0 Å². The van der Waals surface area contributed by atoms with Crippen molar-refractivity contribution < 1.29 is 26.3 Å². The van der Waals surface area contributed by atoms with E-state index in [2.05, 4.69) is 11.7 Å². The van der Waals surface area contributed by atoms with E-state index in [9.17, 15) is 8.42 Å². The molecule has 8 heteroatoms. The minimum Gasteiger partial charge on any atom is -0.347 e. The van der Waals surface area contributed by atoms with Gasteiger partial charge in [-0.25, -0.2) is 0 Å². The number of hydrogen-bond acceptors (Lipinski definition) is 6. The van der Waals surface area contributed by atoms with Crippen LogP contribution in [-0.2, 0) is 28.0 Å². The van der Waals surface area contributed by atoms with Crippen LogP contribution in [-0.4, -0.2) is 64.9 Å². The van der Waals surface area contributed by atoms with Crippen molar-refractivity contribution in [1.82, 2.24) is 0 Å². The molecular formula is C11H22O6S2. The molecule has 19 heavy (non-hydrogen) atoms. The van der Waals surface area contributed by atoms with Gasteiger partial charge in [0.15, 0.2) is 5.79 Å². The molecule has 0 amide bonds. The molecule has 0 saturated carbocycles. The van der Waals surface area contributed by atoms with Crippen LogP contribution in [0.5, 0.6) is 0 Å². The predicted molar refractivity (Wildman–Crippen MR) is 78.4 cm³/mol. The average molecular weight is 314 g/mol. The molecule has 1 fully saturated rings. The highest BCUT2D eigenvalue weighted by Gasteiger charge is 2.36. The molecule has 1 aliphatic rings. The molecule has 6 nitrogen and oxygen atoms in total. The van der Waals surface area contributed by atoms with E-state index in [1.165, 1.54) is 0 Å². The van der Waals surface area contributed by atoms with Crippen molar-refractivity contribution in [2.45, 2.75) is 18.6 Å². The fourth-order valence-corrected chi connectivity index (χ4v) is 2.53. The fourth-order valence-electron chi connectivity index (χ4n) is 1.66. The second-order valence-electron chi connectivity index (χ2n) is 4.64. The third kappa shape index (κ3) is 7.28. The van der Waals surface area contributed by atoms with E-state index in [0.717, 1.165) is 6.26 Å². The summed E-state index contributed by atoms with van der Waals surface area (Å²) in [6.07, 6.45) is 3.68. The Hall–Kier alpha value is -0.120. The Labute approximate surface area is 115 Å². The molecule has 0 radical (unpaired) electrons. The van der Waals surface area contributed by atoms with Crippen LogP contribution in [0.3, 0.4) is 0 Å². The second-order valence-corrected chi connectivity index (χ2v) is 8.89. The van der Waals surface area contributed by atoms with Crippen molar-refractivity contribution in [2.24, 2.45) is 0 Å². The molecule has 0 N–H and O–H groups in total. The second kappa shape index (κ2) is 6.55. The minimum absolute atomic E-state index is 0.0255. The summed E-state index contributed by atoms with van der Waals surface area (Å²) in [4.78, 5) is 0. The Morgan fingerprint density at radius 2 is 1.53 bits per heavy atom. The summed E-state index contributed by atoms with van der Waals surface area (Å²) in [6, 6.07) is 0. The summed E-state index contributed by atoms with van der Waals surface area (Å²) in [6.45, 7) is 1.39. The highest BCUT2D eigenvalue weighted by Crippen LogP contribution is 2.29. The van der Waals surface area contributed by atoms with Crippen LogP contribution in [0.4, 0.5) is 0 Å². The first kappa shape index (κ1) is 16.9. The summed E-state index contributed by atoms with van der Waals surface area (Å²) in [5.41, 5.74) is 0. The first-order valence-corrected chi connectivity index (χ1v) is 9.95. The third-order valence-corrected chi connectivity index (χ3v) is 3.78. The highest BCUT2D eigenvalue weighted by atomic mass is 32.2. The summed E-state index contributed by atoms with van der Waals surface area (Å²) in [5.74, 6) is 6.81. The van der Waals surface area contributed by atoms with Gasteiger partial charge in [0.05, 0.1) is 32.7 Å². The van der Waals surface area contributed by atoms with E-state index in [0.29, 0.717) is 32.7 Å². The molecule has 1 saturated heterocycles. The molecule has 0 atom stereocenters. The predicted octanol–water partition coefficient (Wildman–Crippen LogP) is 0.716. The Kier molecular flexibility index (Phi) is 5.84. The molecule has 0 bridgehead atoms. The number of rotatable bonds is 8. The maximum atomic E-state index is 10.9. The molecule has 0 aromatic carbocycles. The van der Waals surface area contributed by atoms with Gasteiger partial charge in [0, 0.05) is 12.8 Å². The van der Waals surface area contributed by atoms with Gasteiger partial charge in [0.25, 0.3) is 10.1 Å². The lowest BCUT2D eigenvalue weighted by Crippen LogP contribution is -2.33. The monoisotopic (exact) mass is 314 g/mol. The van der Waals surface area contributed by atoms with Crippen LogP contribution in [0.1, 0.15) is 12.8 Å². The quantitative estimate of drug-likeness (QED) is 0.485.